The van der Waals surface area contributed by atoms with E-state index in [1.54, 1.807) is 30.1 Å². The van der Waals surface area contributed by atoms with Gasteiger partial charge in [-0.25, -0.2) is 9.97 Å². The van der Waals surface area contributed by atoms with Crippen molar-refractivity contribution in [2.45, 2.75) is 26.3 Å². The molecule has 0 bridgehead atoms. The molecule has 0 spiro atoms. The van der Waals surface area contributed by atoms with Gasteiger partial charge in [0, 0.05) is 51.2 Å². The number of fused-ring (bicyclic) bond motifs is 1. The summed E-state index contributed by atoms with van der Waals surface area (Å²) >= 11 is 0. The Balaban J connectivity index is 1.83. The predicted molar refractivity (Wildman–Crippen MR) is 133 cm³/mol. The van der Waals surface area contributed by atoms with Crippen LogP contribution in [0.2, 0.25) is 0 Å². The molecule has 0 fully saturated rings. The first kappa shape index (κ1) is 26.0. The Morgan fingerprint density at radius 2 is 1.97 bits per heavy atom. The summed E-state index contributed by atoms with van der Waals surface area (Å²) in [7, 11) is 3.03. The summed E-state index contributed by atoms with van der Waals surface area (Å²) in [6.45, 7) is 4.39. The van der Waals surface area contributed by atoms with E-state index in [-0.39, 0.29) is 23.9 Å². The summed E-state index contributed by atoms with van der Waals surface area (Å²) in [4.78, 5) is 38.0. The molecule has 1 amide bonds. The Hall–Kier alpha value is -3.57. The largest absolute Gasteiger partial charge is 0.481 e. The van der Waals surface area contributed by atoms with Gasteiger partial charge < -0.3 is 29.4 Å². The van der Waals surface area contributed by atoms with Crippen LogP contribution < -0.4 is 20.9 Å². The van der Waals surface area contributed by atoms with Crippen molar-refractivity contribution in [3.8, 4) is 17.1 Å². The fraction of sp³-hybridized carbons (Fsp3) is 0.458. The molecule has 0 aliphatic carbocycles. The molecular formula is C24H32N6O5. The SMILES string of the molecule is CCCOCCn1c(=O)c(NCCCNC(=O)COC)nc2cnc(-c3ccc(OC)nc3)cc21. The van der Waals surface area contributed by atoms with E-state index in [0.29, 0.717) is 61.9 Å². The molecule has 3 aromatic rings. The molecule has 0 aliphatic rings. The van der Waals surface area contributed by atoms with Crippen molar-refractivity contribution in [3.05, 3.63) is 40.9 Å². The van der Waals surface area contributed by atoms with Gasteiger partial charge in [0.25, 0.3) is 5.56 Å². The zero-order chi connectivity index (χ0) is 25.0. The summed E-state index contributed by atoms with van der Waals surface area (Å²) < 4.78 is 17.2. The highest BCUT2D eigenvalue weighted by Crippen LogP contribution is 2.22. The van der Waals surface area contributed by atoms with Gasteiger partial charge in [0.05, 0.1) is 31.1 Å². The van der Waals surface area contributed by atoms with Crippen molar-refractivity contribution < 1.29 is 19.0 Å². The molecule has 0 saturated carbocycles. The van der Waals surface area contributed by atoms with Crippen LogP contribution in [0.4, 0.5) is 5.82 Å². The van der Waals surface area contributed by atoms with Crippen molar-refractivity contribution in [1.82, 2.24) is 24.8 Å². The van der Waals surface area contributed by atoms with Crippen LogP contribution in [0.15, 0.2) is 35.4 Å². The topological polar surface area (TPSA) is 129 Å². The molecule has 0 atom stereocenters. The maximum Gasteiger partial charge on any atom is 0.293 e. The van der Waals surface area contributed by atoms with Gasteiger partial charge in [0.2, 0.25) is 11.8 Å². The third-order valence-electron chi connectivity index (χ3n) is 5.13. The van der Waals surface area contributed by atoms with Crippen LogP contribution in [-0.2, 0) is 20.8 Å². The number of hydrogen-bond donors (Lipinski definition) is 2. The Labute approximate surface area is 203 Å². The average molecular weight is 485 g/mol. The summed E-state index contributed by atoms with van der Waals surface area (Å²) in [5.41, 5.74) is 2.47. The first-order valence-corrected chi connectivity index (χ1v) is 11.6. The number of hydrogen-bond acceptors (Lipinski definition) is 9. The van der Waals surface area contributed by atoms with E-state index in [2.05, 4.69) is 25.6 Å². The minimum atomic E-state index is -0.244. The van der Waals surface area contributed by atoms with Crippen LogP contribution in [0.3, 0.4) is 0 Å². The number of methoxy groups -OCH3 is 2. The number of carbonyl (C=O) groups is 1. The molecule has 0 unspecified atom stereocenters. The Morgan fingerprint density at radius 3 is 2.69 bits per heavy atom. The molecule has 3 heterocycles. The Kier molecular flexibility index (Phi) is 9.93. The molecule has 35 heavy (non-hydrogen) atoms. The predicted octanol–water partition coefficient (Wildman–Crippen LogP) is 1.85. The molecule has 2 N–H and O–H groups in total. The summed E-state index contributed by atoms with van der Waals surface area (Å²) in [5, 5.41) is 5.84. The molecule has 0 radical (unpaired) electrons. The molecular weight excluding hydrogens is 452 g/mol. The van der Waals surface area contributed by atoms with E-state index in [1.807, 2.05) is 19.1 Å². The molecule has 11 nitrogen and oxygen atoms in total. The number of aromatic nitrogens is 4. The van der Waals surface area contributed by atoms with Crippen LogP contribution >= 0.6 is 0 Å². The van der Waals surface area contributed by atoms with Gasteiger partial charge in [-0.1, -0.05) is 6.92 Å². The summed E-state index contributed by atoms with van der Waals surface area (Å²) in [6, 6.07) is 5.46. The van der Waals surface area contributed by atoms with E-state index >= 15 is 0 Å². The molecule has 0 saturated heterocycles. The average Bonchev–Trinajstić information content (AvgIpc) is 2.88. The number of nitrogens with zero attached hydrogens (tertiary/aromatic N) is 4. The van der Waals surface area contributed by atoms with E-state index < -0.39 is 0 Å². The first-order chi connectivity index (χ1) is 17.1. The van der Waals surface area contributed by atoms with E-state index in [1.165, 1.54) is 7.11 Å². The minimum Gasteiger partial charge on any atom is -0.481 e. The normalized spacial score (nSPS) is 10.9. The number of nitrogens with one attached hydrogen (secondary N) is 2. The standard InChI is InChI=1S/C24H32N6O5/c1-4-11-35-12-10-30-20-13-18(17-6-7-22(34-3)28-14-17)27-15-19(20)29-23(24(30)32)26-9-5-8-25-21(31)16-33-2/h6-7,13-15H,4-5,8-12,16H2,1-3H3,(H,25,31)(H,26,29). The van der Waals surface area contributed by atoms with Crippen LogP contribution in [0.1, 0.15) is 19.8 Å². The van der Waals surface area contributed by atoms with Crippen LogP contribution in [0, 0.1) is 0 Å². The number of carbonyl (C=O) groups excluding carboxylic acids is 1. The lowest BCUT2D eigenvalue weighted by molar-refractivity contribution is -0.124. The van der Waals surface area contributed by atoms with E-state index in [0.717, 1.165) is 12.0 Å². The van der Waals surface area contributed by atoms with Gasteiger partial charge in [-0.3, -0.25) is 14.6 Å². The monoisotopic (exact) mass is 484 g/mol. The number of rotatable bonds is 14. The van der Waals surface area contributed by atoms with Gasteiger partial charge in [0.1, 0.15) is 12.1 Å². The molecule has 3 rings (SSSR count). The minimum absolute atomic E-state index is 0.0199. The molecule has 0 aromatic carbocycles. The van der Waals surface area contributed by atoms with Crippen LogP contribution in [0.5, 0.6) is 5.88 Å². The zero-order valence-electron chi connectivity index (χ0n) is 20.4. The first-order valence-electron chi connectivity index (χ1n) is 11.6. The zero-order valence-corrected chi connectivity index (χ0v) is 20.4. The number of ether oxygens (including phenoxy) is 3. The number of amides is 1. The Bertz CT molecular complexity index is 1170. The lowest BCUT2D eigenvalue weighted by Gasteiger charge is -2.14. The second-order valence-electron chi connectivity index (χ2n) is 7.74. The molecule has 0 aliphatic heterocycles. The fourth-order valence-electron chi connectivity index (χ4n) is 3.40. The number of pyridine rings is 2. The van der Waals surface area contributed by atoms with Gasteiger partial charge in [-0.2, -0.15) is 0 Å². The van der Waals surface area contributed by atoms with Crippen molar-refractivity contribution in [1.29, 1.82) is 0 Å². The molecule has 188 valence electrons. The summed E-state index contributed by atoms with van der Waals surface area (Å²) in [6.07, 6.45) is 4.84. The quantitative estimate of drug-likeness (QED) is 0.329. The van der Waals surface area contributed by atoms with Crippen LogP contribution in [-0.4, -0.2) is 72.6 Å². The fourth-order valence-corrected chi connectivity index (χ4v) is 3.40. The van der Waals surface area contributed by atoms with Gasteiger partial charge in [0.15, 0.2) is 5.82 Å². The van der Waals surface area contributed by atoms with Crippen molar-refractivity contribution >= 4 is 22.8 Å². The lowest BCUT2D eigenvalue weighted by Crippen LogP contribution is -2.30. The Morgan fingerprint density at radius 1 is 1.11 bits per heavy atom. The second-order valence-corrected chi connectivity index (χ2v) is 7.74. The highest BCUT2D eigenvalue weighted by Gasteiger charge is 2.13. The van der Waals surface area contributed by atoms with Crippen LogP contribution in [0.25, 0.3) is 22.3 Å². The summed E-state index contributed by atoms with van der Waals surface area (Å²) in [5.74, 6) is 0.562. The van der Waals surface area contributed by atoms with E-state index in [4.69, 9.17) is 14.2 Å². The van der Waals surface area contributed by atoms with Crippen molar-refractivity contribution in [3.63, 3.8) is 0 Å². The smallest absolute Gasteiger partial charge is 0.293 e. The highest BCUT2D eigenvalue weighted by molar-refractivity contribution is 5.80. The van der Waals surface area contributed by atoms with Gasteiger partial charge in [-0.05, 0) is 25.0 Å². The third kappa shape index (κ3) is 7.20. The van der Waals surface area contributed by atoms with Crippen molar-refractivity contribution in [2.24, 2.45) is 0 Å². The lowest BCUT2D eigenvalue weighted by atomic mass is 10.2. The maximum atomic E-state index is 13.3. The van der Waals surface area contributed by atoms with Crippen molar-refractivity contribution in [2.75, 3.05) is 52.4 Å². The highest BCUT2D eigenvalue weighted by atomic mass is 16.5. The second kappa shape index (κ2) is 13.4. The molecule has 3 aromatic heterocycles. The molecule has 11 heteroatoms. The number of anilines is 1. The maximum absolute atomic E-state index is 13.3. The van der Waals surface area contributed by atoms with Gasteiger partial charge in [-0.15, -0.1) is 0 Å². The van der Waals surface area contributed by atoms with E-state index in [9.17, 15) is 9.59 Å². The third-order valence-corrected chi connectivity index (χ3v) is 5.13. The van der Waals surface area contributed by atoms with Gasteiger partial charge >= 0.3 is 0 Å².